The van der Waals surface area contributed by atoms with Crippen molar-refractivity contribution in [2.45, 2.75) is 45.7 Å². The minimum absolute atomic E-state index is 0.0141. The minimum atomic E-state index is -0.0141. The van der Waals surface area contributed by atoms with Crippen molar-refractivity contribution in [3.63, 3.8) is 0 Å². The second kappa shape index (κ2) is 5.67. The molecule has 0 bridgehead atoms. The molecule has 24 heavy (non-hydrogen) atoms. The first-order chi connectivity index (χ1) is 11.5. The molecule has 0 aromatic carbocycles. The number of nitrogens with one attached hydrogen (secondary N) is 1. The van der Waals surface area contributed by atoms with Gasteiger partial charge in [-0.05, 0) is 29.7 Å². The molecule has 4 heterocycles. The predicted octanol–water partition coefficient (Wildman–Crippen LogP) is 3.21. The molecule has 5 heteroatoms. The van der Waals surface area contributed by atoms with Crippen LogP contribution >= 0.6 is 0 Å². The lowest BCUT2D eigenvalue weighted by Gasteiger charge is -2.29. The average molecular weight is 321 g/mol. The summed E-state index contributed by atoms with van der Waals surface area (Å²) < 4.78 is 0. The molecule has 1 N–H and O–H groups in total. The van der Waals surface area contributed by atoms with Gasteiger partial charge in [-0.2, -0.15) is 0 Å². The van der Waals surface area contributed by atoms with Crippen molar-refractivity contribution in [1.82, 2.24) is 24.8 Å². The summed E-state index contributed by atoms with van der Waals surface area (Å²) in [6.07, 6.45) is 6.94. The van der Waals surface area contributed by atoms with Crippen LogP contribution in [0.5, 0.6) is 0 Å². The molecular formula is C19H23N5. The van der Waals surface area contributed by atoms with E-state index in [1.54, 1.807) is 0 Å². The molecule has 3 aromatic heterocycles. The molecule has 4 rings (SSSR count). The molecule has 0 saturated heterocycles. The summed E-state index contributed by atoms with van der Waals surface area (Å²) in [4.78, 5) is 19.5. The van der Waals surface area contributed by atoms with Crippen molar-refractivity contribution in [3.05, 3.63) is 53.4 Å². The van der Waals surface area contributed by atoms with E-state index in [0.717, 1.165) is 37.5 Å². The zero-order valence-corrected chi connectivity index (χ0v) is 14.5. The lowest BCUT2D eigenvalue weighted by Crippen LogP contribution is -2.32. The number of H-pyrrole nitrogens is 1. The van der Waals surface area contributed by atoms with Crippen LogP contribution in [0.4, 0.5) is 0 Å². The van der Waals surface area contributed by atoms with Crippen molar-refractivity contribution in [2.75, 3.05) is 6.54 Å². The quantitative estimate of drug-likeness (QED) is 0.787. The first-order valence-corrected chi connectivity index (χ1v) is 8.49. The van der Waals surface area contributed by atoms with Crippen LogP contribution in [-0.4, -0.2) is 31.4 Å². The Hall–Kier alpha value is -2.27. The number of nitrogens with zero attached hydrogens (tertiary/aromatic N) is 4. The van der Waals surface area contributed by atoms with E-state index in [4.69, 9.17) is 4.98 Å². The molecule has 0 spiro atoms. The topological polar surface area (TPSA) is 57.7 Å². The van der Waals surface area contributed by atoms with E-state index in [-0.39, 0.29) is 5.41 Å². The lowest BCUT2D eigenvalue weighted by atomic mass is 9.95. The van der Waals surface area contributed by atoms with Crippen molar-refractivity contribution >= 4 is 11.0 Å². The first kappa shape index (κ1) is 15.3. The summed E-state index contributed by atoms with van der Waals surface area (Å²) in [5.74, 6) is 0.930. The van der Waals surface area contributed by atoms with E-state index >= 15 is 0 Å². The van der Waals surface area contributed by atoms with Gasteiger partial charge in [0.1, 0.15) is 11.5 Å². The minimum Gasteiger partial charge on any atom is -0.346 e. The van der Waals surface area contributed by atoms with Crippen molar-refractivity contribution in [3.8, 4) is 0 Å². The normalized spacial score (nSPS) is 15.6. The molecule has 0 saturated carbocycles. The van der Waals surface area contributed by atoms with Crippen molar-refractivity contribution < 1.29 is 0 Å². The fourth-order valence-corrected chi connectivity index (χ4v) is 3.24. The first-order valence-electron chi connectivity index (χ1n) is 8.49. The predicted molar refractivity (Wildman–Crippen MR) is 94.6 cm³/mol. The number of pyridine rings is 1. The average Bonchev–Trinajstić information content (AvgIpc) is 2.97. The van der Waals surface area contributed by atoms with Gasteiger partial charge in [-0.1, -0.05) is 20.8 Å². The molecule has 0 amide bonds. The summed E-state index contributed by atoms with van der Waals surface area (Å²) in [6.45, 7) is 9.32. The van der Waals surface area contributed by atoms with Gasteiger partial charge < -0.3 is 4.98 Å². The fourth-order valence-electron chi connectivity index (χ4n) is 3.24. The Balaban J connectivity index is 1.57. The third-order valence-corrected chi connectivity index (χ3v) is 4.63. The number of hydrogen-bond acceptors (Lipinski definition) is 4. The van der Waals surface area contributed by atoms with Crippen LogP contribution in [-0.2, 0) is 24.9 Å². The van der Waals surface area contributed by atoms with Crippen LogP contribution < -0.4 is 0 Å². The highest BCUT2D eigenvalue weighted by Crippen LogP contribution is 2.24. The molecule has 5 nitrogen and oxygen atoms in total. The van der Waals surface area contributed by atoms with E-state index in [2.05, 4.69) is 52.9 Å². The fraction of sp³-hybridized carbons (Fsp3) is 0.421. The van der Waals surface area contributed by atoms with Gasteiger partial charge in [0.15, 0.2) is 0 Å². The van der Waals surface area contributed by atoms with Gasteiger partial charge in [0, 0.05) is 49.0 Å². The van der Waals surface area contributed by atoms with Gasteiger partial charge in [-0.25, -0.2) is 15.0 Å². The smallest absolute Gasteiger partial charge is 0.137 e. The number of aromatic amines is 1. The zero-order chi connectivity index (χ0) is 16.7. The molecule has 0 radical (unpaired) electrons. The van der Waals surface area contributed by atoms with E-state index in [9.17, 15) is 0 Å². The monoisotopic (exact) mass is 321 g/mol. The van der Waals surface area contributed by atoms with Gasteiger partial charge in [-0.3, -0.25) is 4.90 Å². The molecule has 1 aliphatic rings. The number of aromatic nitrogens is 4. The third kappa shape index (κ3) is 2.80. The molecular weight excluding hydrogens is 298 g/mol. The van der Waals surface area contributed by atoms with Gasteiger partial charge in [0.05, 0.1) is 5.69 Å². The largest absolute Gasteiger partial charge is 0.346 e. The maximum Gasteiger partial charge on any atom is 0.137 e. The van der Waals surface area contributed by atoms with Crippen LogP contribution in [0.2, 0.25) is 0 Å². The number of rotatable bonds is 2. The van der Waals surface area contributed by atoms with Crippen LogP contribution in [0.3, 0.4) is 0 Å². The van der Waals surface area contributed by atoms with Crippen LogP contribution in [0.1, 0.15) is 43.4 Å². The molecule has 0 fully saturated rings. The van der Waals surface area contributed by atoms with Crippen molar-refractivity contribution in [1.29, 1.82) is 0 Å². The van der Waals surface area contributed by atoms with E-state index < -0.39 is 0 Å². The Morgan fingerprint density at radius 3 is 2.96 bits per heavy atom. The molecule has 1 aliphatic heterocycles. The second-order valence-corrected chi connectivity index (χ2v) is 7.59. The summed E-state index contributed by atoms with van der Waals surface area (Å²) >= 11 is 0. The van der Waals surface area contributed by atoms with Crippen LogP contribution in [0, 0.1) is 0 Å². The Morgan fingerprint density at radius 2 is 2.12 bits per heavy atom. The molecule has 3 aromatic rings. The van der Waals surface area contributed by atoms with Gasteiger partial charge in [-0.15, -0.1) is 0 Å². The van der Waals surface area contributed by atoms with Gasteiger partial charge in [0.25, 0.3) is 0 Å². The summed E-state index contributed by atoms with van der Waals surface area (Å²) in [7, 11) is 0. The summed E-state index contributed by atoms with van der Waals surface area (Å²) in [5, 5.41) is 1.21. The highest BCUT2D eigenvalue weighted by molar-refractivity contribution is 5.79. The molecule has 0 unspecified atom stereocenters. The highest BCUT2D eigenvalue weighted by Gasteiger charge is 2.23. The number of hydrogen-bond donors (Lipinski definition) is 1. The zero-order valence-electron chi connectivity index (χ0n) is 14.5. The number of fused-ring (bicyclic) bond motifs is 2. The SMILES string of the molecule is CC(C)(C)c1ncc2c(n1)CN(Cc1c[nH]c3ncccc13)CC2. The Labute approximate surface area is 142 Å². The molecule has 124 valence electrons. The molecule has 0 aliphatic carbocycles. The maximum atomic E-state index is 4.85. The Morgan fingerprint density at radius 1 is 1.25 bits per heavy atom. The third-order valence-electron chi connectivity index (χ3n) is 4.63. The summed E-state index contributed by atoms with van der Waals surface area (Å²) in [5.41, 5.74) is 4.72. The lowest BCUT2D eigenvalue weighted by molar-refractivity contribution is 0.241. The summed E-state index contributed by atoms with van der Waals surface area (Å²) in [6, 6.07) is 4.12. The maximum absolute atomic E-state index is 4.85. The standard InChI is InChI=1S/C19H23N5/c1-19(2,3)18-22-9-13-6-8-24(12-16(13)23-18)11-14-10-21-17-15(14)5-4-7-20-17/h4-5,7,9-10H,6,8,11-12H2,1-3H3,(H,20,21). The van der Waals surface area contributed by atoms with Gasteiger partial charge in [0.2, 0.25) is 0 Å². The van der Waals surface area contributed by atoms with E-state index in [0.29, 0.717) is 0 Å². The van der Waals surface area contributed by atoms with Gasteiger partial charge >= 0.3 is 0 Å². The van der Waals surface area contributed by atoms with Crippen molar-refractivity contribution in [2.24, 2.45) is 0 Å². The van der Waals surface area contributed by atoms with Crippen LogP contribution in [0.25, 0.3) is 11.0 Å². The van der Waals surface area contributed by atoms with E-state index in [1.165, 1.54) is 22.2 Å². The molecule has 0 atom stereocenters. The Bertz CT molecular complexity index is 875. The highest BCUT2D eigenvalue weighted by atomic mass is 15.1. The Kier molecular flexibility index (Phi) is 3.61. The van der Waals surface area contributed by atoms with E-state index in [1.807, 2.05) is 18.5 Å². The second-order valence-electron chi connectivity index (χ2n) is 7.59. The van der Waals surface area contributed by atoms with Crippen LogP contribution in [0.15, 0.2) is 30.7 Å².